The van der Waals surface area contributed by atoms with Gasteiger partial charge in [0, 0.05) is 19.5 Å². The van der Waals surface area contributed by atoms with Gasteiger partial charge in [-0.05, 0) is 49.7 Å². The minimum atomic E-state index is -3.51. The average molecular weight is 323 g/mol. The molecule has 0 unspecified atom stereocenters. The molecule has 120 valence electrons. The van der Waals surface area contributed by atoms with Gasteiger partial charge in [-0.25, -0.2) is 8.42 Å². The predicted molar refractivity (Wildman–Crippen MR) is 84.4 cm³/mol. The molecule has 0 bridgehead atoms. The van der Waals surface area contributed by atoms with Gasteiger partial charge in [0.05, 0.1) is 18.3 Å². The molecule has 1 aromatic heterocycles. The molecule has 0 fully saturated rings. The maximum atomic E-state index is 12.6. The van der Waals surface area contributed by atoms with Crippen molar-refractivity contribution in [1.29, 1.82) is 0 Å². The van der Waals surface area contributed by atoms with Gasteiger partial charge in [-0.1, -0.05) is 0 Å². The molecule has 2 rings (SSSR count). The number of rotatable bonds is 7. The van der Waals surface area contributed by atoms with Crippen LogP contribution in [0.3, 0.4) is 0 Å². The summed E-state index contributed by atoms with van der Waals surface area (Å²) < 4.78 is 36.9. The zero-order valence-corrected chi connectivity index (χ0v) is 13.8. The van der Waals surface area contributed by atoms with Crippen LogP contribution in [0.2, 0.25) is 0 Å². The minimum absolute atomic E-state index is 0.128. The summed E-state index contributed by atoms with van der Waals surface area (Å²) in [6, 6.07) is 10.0. The predicted octanol–water partition coefficient (Wildman–Crippen LogP) is 2.93. The Hall–Kier alpha value is -1.79. The van der Waals surface area contributed by atoms with E-state index in [1.807, 2.05) is 19.1 Å². The summed E-state index contributed by atoms with van der Waals surface area (Å²) in [7, 11) is -0.356. The third kappa shape index (κ3) is 3.69. The van der Waals surface area contributed by atoms with Gasteiger partial charge in [-0.15, -0.1) is 0 Å². The van der Waals surface area contributed by atoms with Crippen LogP contribution >= 0.6 is 0 Å². The number of sulfonamides is 1. The van der Waals surface area contributed by atoms with Crippen molar-refractivity contribution in [1.82, 2.24) is 4.31 Å². The normalized spacial score (nSPS) is 13.3. The van der Waals surface area contributed by atoms with E-state index in [1.54, 1.807) is 44.7 Å². The van der Waals surface area contributed by atoms with E-state index in [4.69, 9.17) is 9.15 Å². The molecule has 22 heavy (non-hydrogen) atoms. The molecular weight excluding hydrogens is 302 g/mol. The molecule has 0 aliphatic rings. The lowest BCUT2D eigenvalue weighted by Gasteiger charge is -2.24. The Labute approximate surface area is 131 Å². The van der Waals surface area contributed by atoms with E-state index in [9.17, 15) is 8.42 Å². The Bertz CT molecular complexity index is 677. The Morgan fingerprint density at radius 2 is 1.91 bits per heavy atom. The SMILES string of the molecule is COc1ccc(S(=O)(=O)N(C)[C@@H](C)CCc2ccco2)cc1. The molecule has 5 nitrogen and oxygen atoms in total. The van der Waals surface area contributed by atoms with Crippen molar-refractivity contribution in [3.63, 3.8) is 0 Å². The zero-order valence-electron chi connectivity index (χ0n) is 13.0. The lowest BCUT2D eigenvalue weighted by atomic mass is 10.1. The second kappa shape index (κ2) is 6.98. The molecule has 0 N–H and O–H groups in total. The molecule has 0 radical (unpaired) electrons. The summed E-state index contributed by atoms with van der Waals surface area (Å²) in [5.41, 5.74) is 0. The van der Waals surface area contributed by atoms with Crippen molar-refractivity contribution < 1.29 is 17.6 Å². The van der Waals surface area contributed by atoms with Crippen LogP contribution < -0.4 is 4.74 Å². The fourth-order valence-corrected chi connectivity index (χ4v) is 3.53. The first-order valence-electron chi connectivity index (χ1n) is 7.09. The van der Waals surface area contributed by atoms with Crippen LogP contribution in [0.15, 0.2) is 52.0 Å². The van der Waals surface area contributed by atoms with Gasteiger partial charge in [0.25, 0.3) is 0 Å². The third-order valence-electron chi connectivity index (χ3n) is 3.75. The number of aryl methyl sites for hydroxylation is 1. The summed E-state index contributed by atoms with van der Waals surface area (Å²) in [4.78, 5) is 0.264. The fourth-order valence-electron chi connectivity index (χ4n) is 2.14. The highest BCUT2D eigenvalue weighted by atomic mass is 32.2. The Morgan fingerprint density at radius 3 is 2.45 bits per heavy atom. The first-order valence-corrected chi connectivity index (χ1v) is 8.53. The molecule has 0 aliphatic carbocycles. The van der Waals surface area contributed by atoms with Crippen LogP contribution in [0.4, 0.5) is 0 Å². The number of hydrogen-bond acceptors (Lipinski definition) is 4. The topological polar surface area (TPSA) is 59.8 Å². The second-order valence-electron chi connectivity index (χ2n) is 5.16. The number of furan rings is 1. The van der Waals surface area contributed by atoms with Crippen LogP contribution in [0.5, 0.6) is 5.75 Å². The molecule has 6 heteroatoms. The zero-order chi connectivity index (χ0) is 16.2. The smallest absolute Gasteiger partial charge is 0.243 e. The second-order valence-corrected chi connectivity index (χ2v) is 7.16. The van der Waals surface area contributed by atoms with Gasteiger partial charge < -0.3 is 9.15 Å². The summed E-state index contributed by atoms with van der Waals surface area (Å²) >= 11 is 0. The number of hydrogen-bond donors (Lipinski definition) is 0. The summed E-state index contributed by atoms with van der Waals surface area (Å²) in [5.74, 6) is 1.49. The van der Waals surface area contributed by atoms with Gasteiger partial charge in [0.1, 0.15) is 11.5 Å². The quantitative estimate of drug-likeness (QED) is 0.786. The van der Waals surface area contributed by atoms with E-state index >= 15 is 0 Å². The molecule has 2 aromatic rings. The van der Waals surface area contributed by atoms with E-state index in [0.29, 0.717) is 18.6 Å². The van der Waals surface area contributed by atoms with E-state index in [-0.39, 0.29) is 10.9 Å². The lowest BCUT2D eigenvalue weighted by Crippen LogP contribution is -2.35. The Morgan fingerprint density at radius 1 is 1.23 bits per heavy atom. The van der Waals surface area contributed by atoms with Crippen LogP contribution in [0.1, 0.15) is 19.1 Å². The number of benzene rings is 1. The monoisotopic (exact) mass is 323 g/mol. The molecular formula is C16H21NO4S. The van der Waals surface area contributed by atoms with E-state index in [1.165, 1.54) is 4.31 Å². The summed E-state index contributed by atoms with van der Waals surface area (Å²) in [5, 5.41) is 0. The third-order valence-corrected chi connectivity index (χ3v) is 5.73. The largest absolute Gasteiger partial charge is 0.497 e. The van der Waals surface area contributed by atoms with Crippen LogP contribution in [-0.2, 0) is 16.4 Å². The Balaban J connectivity index is 2.06. The first-order chi connectivity index (χ1) is 10.4. The number of nitrogens with zero attached hydrogens (tertiary/aromatic N) is 1. The highest BCUT2D eigenvalue weighted by Crippen LogP contribution is 2.21. The lowest BCUT2D eigenvalue weighted by molar-refractivity contribution is 0.361. The van der Waals surface area contributed by atoms with Gasteiger partial charge in [-0.3, -0.25) is 0 Å². The van der Waals surface area contributed by atoms with Crippen molar-refractivity contribution >= 4 is 10.0 Å². The molecule has 0 aliphatic heterocycles. The molecule has 0 saturated heterocycles. The summed E-state index contributed by atoms with van der Waals surface area (Å²) in [6.07, 6.45) is 3.02. The van der Waals surface area contributed by atoms with Crippen molar-refractivity contribution in [2.75, 3.05) is 14.2 Å². The molecule has 0 saturated carbocycles. The molecule has 0 amide bonds. The van der Waals surface area contributed by atoms with Gasteiger partial charge >= 0.3 is 0 Å². The van der Waals surface area contributed by atoms with Gasteiger partial charge in [0.15, 0.2) is 0 Å². The van der Waals surface area contributed by atoms with Crippen LogP contribution in [0.25, 0.3) is 0 Å². The number of ether oxygens (including phenoxy) is 1. The van der Waals surface area contributed by atoms with Crippen molar-refractivity contribution in [2.45, 2.75) is 30.7 Å². The molecule has 1 heterocycles. The van der Waals surface area contributed by atoms with E-state index < -0.39 is 10.0 Å². The van der Waals surface area contributed by atoms with Crippen molar-refractivity contribution in [3.05, 3.63) is 48.4 Å². The van der Waals surface area contributed by atoms with E-state index in [0.717, 1.165) is 5.76 Å². The van der Waals surface area contributed by atoms with E-state index in [2.05, 4.69) is 0 Å². The molecule has 1 atom stereocenters. The maximum Gasteiger partial charge on any atom is 0.243 e. The van der Waals surface area contributed by atoms with Gasteiger partial charge in [-0.2, -0.15) is 4.31 Å². The Kier molecular flexibility index (Phi) is 5.26. The summed E-state index contributed by atoms with van der Waals surface area (Å²) in [6.45, 7) is 1.89. The van der Waals surface area contributed by atoms with Crippen molar-refractivity contribution in [3.8, 4) is 5.75 Å². The fraction of sp³-hybridized carbons (Fsp3) is 0.375. The molecule has 0 spiro atoms. The standard InChI is InChI=1S/C16H21NO4S/c1-13(6-7-15-5-4-12-21-15)17(2)22(18,19)16-10-8-14(20-3)9-11-16/h4-5,8-13H,6-7H2,1-3H3/t13-/m0/s1. The maximum absolute atomic E-state index is 12.6. The highest BCUT2D eigenvalue weighted by molar-refractivity contribution is 7.89. The van der Waals surface area contributed by atoms with Crippen molar-refractivity contribution in [2.24, 2.45) is 0 Å². The molecule has 1 aromatic carbocycles. The minimum Gasteiger partial charge on any atom is -0.497 e. The van der Waals surface area contributed by atoms with Crippen LogP contribution in [-0.4, -0.2) is 32.9 Å². The van der Waals surface area contributed by atoms with Gasteiger partial charge in [0.2, 0.25) is 10.0 Å². The highest BCUT2D eigenvalue weighted by Gasteiger charge is 2.25. The number of methoxy groups -OCH3 is 1. The first kappa shape index (κ1) is 16.6. The average Bonchev–Trinajstić information content (AvgIpc) is 3.05. The van der Waals surface area contributed by atoms with Crippen LogP contribution in [0, 0.1) is 0 Å².